The Morgan fingerprint density at radius 2 is 2.41 bits per heavy atom. The molecule has 0 bridgehead atoms. The van der Waals surface area contributed by atoms with E-state index < -0.39 is 0 Å². The number of nitrogens with zero attached hydrogens (tertiary/aromatic N) is 1. The summed E-state index contributed by atoms with van der Waals surface area (Å²) in [5, 5.41) is 4.95. The molecule has 2 rings (SSSR count). The Kier molecular flexibility index (Phi) is 3.47. The minimum atomic E-state index is -0.199. The van der Waals surface area contributed by atoms with E-state index in [1.807, 2.05) is 24.4 Å². The van der Waals surface area contributed by atoms with Gasteiger partial charge in [0.2, 0.25) is 11.8 Å². The van der Waals surface area contributed by atoms with Crippen molar-refractivity contribution in [1.82, 2.24) is 10.2 Å². The Morgan fingerprint density at radius 3 is 2.94 bits per heavy atom. The van der Waals surface area contributed by atoms with E-state index >= 15 is 0 Å². The van der Waals surface area contributed by atoms with E-state index in [4.69, 9.17) is 0 Å². The molecule has 1 aliphatic rings. The third kappa shape index (κ3) is 2.66. The summed E-state index contributed by atoms with van der Waals surface area (Å²) >= 11 is 1.62. The summed E-state index contributed by atoms with van der Waals surface area (Å²) in [6.45, 7) is 2.49. The molecule has 1 aromatic heterocycles. The van der Waals surface area contributed by atoms with Gasteiger partial charge in [0.05, 0.1) is 12.0 Å². The molecule has 4 nitrogen and oxygen atoms in total. The van der Waals surface area contributed by atoms with Gasteiger partial charge >= 0.3 is 0 Å². The van der Waals surface area contributed by atoms with Crippen LogP contribution in [-0.4, -0.2) is 30.3 Å². The monoisotopic (exact) mass is 252 g/mol. The summed E-state index contributed by atoms with van der Waals surface area (Å²) in [4.78, 5) is 26.1. The van der Waals surface area contributed by atoms with Gasteiger partial charge in [-0.1, -0.05) is 6.07 Å². The normalized spacial score (nSPS) is 21.6. The molecule has 2 unspecified atom stereocenters. The predicted molar refractivity (Wildman–Crippen MR) is 66.6 cm³/mol. The van der Waals surface area contributed by atoms with Gasteiger partial charge in [-0.05, 0) is 18.4 Å². The molecule has 0 saturated carbocycles. The van der Waals surface area contributed by atoms with Gasteiger partial charge in [0, 0.05) is 24.9 Å². The van der Waals surface area contributed by atoms with Gasteiger partial charge in [-0.3, -0.25) is 9.59 Å². The number of likely N-dealkylation sites (tertiary alicyclic amines) is 1. The molecule has 1 N–H and O–H groups in total. The van der Waals surface area contributed by atoms with Gasteiger partial charge in [-0.2, -0.15) is 0 Å². The van der Waals surface area contributed by atoms with Crippen LogP contribution in [0.5, 0.6) is 0 Å². The summed E-state index contributed by atoms with van der Waals surface area (Å²) in [5.41, 5.74) is 0. The third-order valence-corrected chi connectivity index (χ3v) is 4.10. The summed E-state index contributed by atoms with van der Waals surface area (Å²) in [6.07, 6.45) is 0.333. The Labute approximate surface area is 105 Å². The van der Waals surface area contributed by atoms with Crippen LogP contribution < -0.4 is 5.32 Å². The van der Waals surface area contributed by atoms with Crippen molar-refractivity contribution in [2.45, 2.75) is 19.4 Å². The van der Waals surface area contributed by atoms with Crippen LogP contribution in [0.15, 0.2) is 17.5 Å². The lowest BCUT2D eigenvalue weighted by Gasteiger charge is -2.15. The lowest BCUT2D eigenvalue weighted by Crippen LogP contribution is -2.33. The zero-order valence-electron chi connectivity index (χ0n) is 9.97. The van der Waals surface area contributed by atoms with Crippen molar-refractivity contribution in [1.29, 1.82) is 0 Å². The zero-order chi connectivity index (χ0) is 12.4. The van der Waals surface area contributed by atoms with Crippen LogP contribution in [0.25, 0.3) is 0 Å². The lowest BCUT2D eigenvalue weighted by atomic mass is 10.1. The quantitative estimate of drug-likeness (QED) is 0.884. The van der Waals surface area contributed by atoms with Crippen molar-refractivity contribution in [3.05, 3.63) is 22.4 Å². The fourth-order valence-electron chi connectivity index (χ4n) is 1.98. The second-order valence-corrected chi connectivity index (χ2v) is 5.40. The number of amides is 2. The Morgan fingerprint density at radius 1 is 1.65 bits per heavy atom. The minimum absolute atomic E-state index is 0.0171. The maximum absolute atomic E-state index is 12.0. The van der Waals surface area contributed by atoms with Gasteiger partial charge < -0.3 is 10.2 Å². The van der Waals surface area contributed by atoms with E-state index in [2.05, 4.69) is 5.32 Å². The van der Waals surface area contributed by atoms with Gasteiger partial charge in [0.25, 0.3) is 0 Å². The first-order valence-corrected chi connectivity index (χ1v) is 6.53. The highest BCUT2D eigenvalue weighted by atomic mass is 32.1. The van der Waals surface area contributed by atoms with Crippen molar-refractivity contribution >= 4 is 23.2 Å². The van der Waals surface area contributed by atoms with Gasteiger partial charge in [-0.15, -0.1) is 11.3 Å². The van der Waals surface area contributed by atoms with E-state index in [0.29, 0.717) is 13.0 Å². The fourth-order valence-corrected chi connectivity index (χ4v) is 2.71. The molecule has 0 radical (unpaired) electrons. The molecule has 1 fully saturated rings. The van der Waals surface area contributed by atoms with E-state index in [-0.39, 0.29) is 23.8 Å². The number of nitrogens with one attached hydrogen (secondary N) is 1. The molecule has 0 aromatic carbocycles. The van der Waals surface area contributed by atoms with Crippen LogP contribution in [0.3, 0.4) is 0 Å². The Hall–Kier alpha value is -1.36. The maximum Gasteiger partial charge on any atom is 0.225 e. The summed E-state index contributed by atoms with van der Waals surface area (Å²) < 4.78 is 0. The Balaban J connectivity index is 1.92. The summed E-state index contributed by atoms with van der Waals surface area (Å²) in [5.74, 6) is -0.174. The number of hydrogen-bond acceptors (Lipinski definition) is 3. The minimum Gasteiger partial charge on any atom is -0.348 e. The molecule has 5 heteroatoms. The predicted octanol–water partition coefficient (Wildman–Crippen LogP) is 1.40. The molecule has 1 aliphatic heterocycles. The molecule has 17 heavy (non-hydrogen) atoms. The molecule has 2 heterocycles. The van der Waals surface area contributed by atoms with Gasteiger partial charge in [0.15, 0.2) is 0 Å². The zero-order valence-corrected chi connectivity index (χ0v) is 10.8. The topological polar surface area (TPSA) is 49.4 Å². The highest BCUT2D eigenvalue weighted by Crippen LogP contribution is 2.21. The average molecular weight is 252 g/mol. The molecule has 0 aliphatic carbocycles. The van der Waals surface area contributed by atoms with Crippen molar-refractivity contribution in [2.75, 3.05) is 13.6 Å². The van der Waals surface area contributed by atoms with Crippen molar-refractivity contribution in [3.63, 3.8) is 0 Å². The SMILES string of the molecule is CC(NC(=O)C1CC(=O)N(C)C1)c1cccs1. The van der Waals surface area contributed by atoms with Crippen LogP contribution >= 0.6 is 11.3 Å². The highest BCUT2D eigenvalue weighted by Gasteiger charge is 2.32. The second kappa shape index (κ2) is 4.87. The standard InChI is InChI=1S/C12H16N2O2S/c1-8(10-4-3-5-17-10)13-12(16)9-6-11(15)14(2)7-9/h3-5,8-9H,6-7H2,1-2H3,(H,13,16). The van der Waals surface area contributed by atoms with Crippen LogP contribution in [0.1, 0.15) is 24.3 Å². The van der Waals surface area contributed by atoms with E-state index in [0.717, 1.165) is 4.88 Å². The molecular formula is C12H16N2O2S. The molecule has 1 aromatic rings. The van der Waals surface area contributed by atoms with Gasteiger partial charge in [0.1, 0.15) is 0 Å². The number of thiophene rings is 1. The molecule has 0 spiro atoms. The number of carbonyl (C=O) groups excluding carboxylic acids is 2. The van der Waals surface area contributed by atoms with E-state index in [1.165, 1.54) is 0 Å². The average Bonchev–Trinajstić information content (AvgIpc) is 2.89. The molecular weight excluding hydrogens is 236 g/mol. The number of carbonyl (C=O) groups is 2. The largest absolute Gasteiger partial charge is 0.348 e. The van der Waals surface area contributed by atoms with Crippen molar-refractivity contribution in [2.24, 2.45) is 5.92 Å². The molecule has 2 amide bonds. The van der Waals surface area contributed by atoms with Crippen molar-refractivity contribution in [3.8, 4) is 0 Å². The van der Waals surface area contributed by atoms with Gasteiger partial charge in [-0.25, -0.2) is 0 Å². The lowest BCUT2D eigenvalue weighted by molar-refractivity contribution is -0.128. The first-order valence-electron chi connectivity index (χ1n) is 5.65. The molecule has 1 saturated heterocycles. The van der Waals surface area contributed by atoms with Crippen LogP contribution in [0.4, 0.5) is 0 Å². The van der Waals surface area contributed by atoms with Crippen LogP contribution in [-0.2, 0) is 9.59 Å². The number of hydrogen-bond donors (Lipinski definition) is 1. The van der Waals surface area contributed by atoms with Crippen LogP contribution in [0.2, 0.25) is 0 Å². The highest BCUT2D eigenvalue weighted by molar-refractivity contribution is 7.10. The summed E-state index contributed by atoms with van der Waals surface area (Å²) in [7, 11) is 1.73. The number of rotatable bonds is 3. The second-order valence-electron chi connectivity index (χ2n) is 4.42. The fraction of sp³-hybridized carbons (Fsp3) is 0.500. The molecule has 92 valence electrons. The first kappa shape index (κ1) is 12.1. The van der Waals surface area contributed by atoms with Crippen LogP contribution in [0, 0.1) is 5.92 Å². The summed E-state index contributed by atoms with van der Waals surface area (Å²) in [6, 6.07) is 3.99. The van der Waals surface area contributed by atoms with E-state index in [9.17, 15) is 9.59 Å². The Bertz CT molecular complexity index is 416. The molecule has 2 atom stereocenters. The first-order chi connectivity index (χ1) is 8.08. The third-order valence-electron chi connectivity index (χ3n) is 3.04. The van der Waals surface area contributed by atoms with Crippen molar-refractivity contribution < 1.29 is 9.59 Å². The van der Waals surface area contributed by atoms with E-state index in [1.54, 1.807) is 23.3 Å². The maximum atomic E-state index is 12.0. The smallest absolute Gasteiger partial charge is 0.225 e.